The van der Waals surface area contributed by atoms with Gasteiger partial charge < -0.3 is 9.47 Å². The van der Waals surface area contributed by atoms with Gasteiger partial charge in [-0.1, -0.05) is 17.7 Å². The molecule has 1 heterocycles. The Morgan fingerprint density at radius 2 is 1.89 bits per heavy atom. The molecule has 1 N–H and O–H groups in total. The highest BCUT2D eigenvalue weighted by atomic mass is 35.5. The lowest BCUT2D eigenvalue weighted by molar-refractivity contribution is 0.354. The molecule has 0 unspecified atom stereocenters. The van der Waals surface area contributed by atoms with E-state index in [-0.39, 0.29) is 22.2 Å². The van der Waals surface area contributed by atoms with E-state index in [0.29, 0.717) is 17.1 Å². The summed E-state index contributed by atoms with van der Waals surface area (Å²) < 4.78 is 52.6. The summed E-state index contributed by atoms with van der Waals surface area (Å²) in [6.07, 6.45) is 2.88. The number of aromatic nitrogens is 2. The van der Waals surface area contributed by atoms with Gasteiger partial charge >= 0.3 is 0 Å². The van der Waals surface area contributed by atoms with Crippen molar-refractivity contribution in [3.63, 3.8) is 0 Å². The fraction of sp³-hybridized carbons (Fsp3) is 0.167. The van der Waals surface area contributed by atoms with Crippen molar-refractivity contribution in [1.29, 1.82) is 0 Å². The molecule has 0 fully saturated rings. The summed E-state index contributed by atoms with van der Waals surface area (Å²) in [6.45, 7) is 0.261. The van der Waals surface area contributed by atoms with Crippen LogP contribution in [0.5, 0.6) is 11.5 Å². The van der Waals surface area contributed by atoms with Crippen LogP contribution in [0.1, 0.15) is 5.56 Å². The minimum atomic E-state index is -3.86. The minimum Gasteiger partial charge on any atom is -0.493 e. The summed E-state index contributed by atoms with van der Waals surface area (Å²) >= 11 is 6.01. The Morgan fingerprint density at radius 1 is 1.14 bits per heavy atom. The number of anilines is 1. The Morgan fingerprint density at radius 3 is 2.57 bits per heavy atom. The first-order chi connectivity index (χ1) is 13.3. The smallest absolute Gasteiger partial charge is 0.262 e. The molecule has 0 bridgehead atoms. The van der Waals surface area contributed by atoms with Crippen LogP contribution in [0.15, 0.2) is 53.7 Å². The molecular formula is C18H17ClFN3O4S. The number of rotatable bonds is 7. The fourth-order valence-corrected chi connectivity index (χ4v) is 3.79. The predicted molar refractivity (Wildman–Crippen MR) is 103 cm³/mol. The highest BCUT2D eigenvalue weighted by Gasteiger charge is 2.18. The third-order valence-electron chi connectivity index (χ3n) is 3.90. The van der Waals surface area contributed by atoms with Gasteiger partial charge in [0, 0.05) is 17.3 Å². The highest BCUT2D eigenvalue weighted by molar-refractivity contribution is 7.92. The number of sulfonamides is 1. The van der Waals surface area contributed by atoms with Crippen molar-refractivity contribution in [3.05, 3.63) is 65.2 Å². The van der Waals surface area contributed by atoms with E-state index in [4.69, 9.17) is 21.1 Å². The van der Waals surface area contributed by atoms with Crippen LogP contribution >= 0.6 is 11.6 Å². The molecule has 7 nitrogen and oxygen atoms in total. The number of hydrogen-bond donors (Lipinski definition) is 1. The molecule has 28 heavy (non-hydrogen) atoms. The number of nitrogens with zero attached hydrogens (tertiary/aromatic N) is 2. The van der Waals surface area contributed by atoms with Gasteiger partial charge in [-0.25, -0.2) is 12.8 Å². The second kappa shape index (κ2) is 8.07. The largest absolute Gasteiger partial charge is 0.493 e. The highest BCUT2D eigenvalue weighted by Crippen LogP contribution is 2.30. The van der Waals surface area contributed by atoms with Crippen LogP contribution in [0.3, 0.4) is 0 Å². The van der Waals surface area contributed by atoms with Crippen LogP contribution in [0.2, 0.25) is 5.02 Å². The number of methoxy groups -OCH3 is 2. The minimum absolute atomic E-state index is 0.0134. The van der Waals surface area contributed by atoms with Gasteiger partial charge in [0.1, 0.15) is 5.82 Å². The zero-order valence-corrected chi connectivity index (χ0v) is 16.6. The number of benzene rings is 2. The van der Waals surface area contributed by atoms with Gasteiger partial charge in [0.05, 0.1) is 37.5 Å². The maximum atomic E-state index is 13.1. The predicted octanol–water partition coefficient (Wildman–Crippen LogP) is 3.54. The molecule has 0 radical (unpaired) electrons. The third-order valence-corrected chi connectivity index (χ3v) is 5.63. The number of nitrogens with one attached hydrogen (secondary N) is 1. The van der Waals surface area contributed by atoms with Crippen molar-refractivity contribution in [3.8, 4) is 11.5 Å². The van der Waals surface area contributed by atoms with Crippen molar-refractivity contribution in [2.24, 2.45) is 0 Å². The molecule has 1 aromatic heterocycles. The molecule has 0 aliphatic rings. The van der Waals surface area contributed by atoms with Crippen LogP contribution in [0, 0.1) is 5.82 Å². The van der Waals surface area contributed by atoms with Gasteiger partial charge in [0.25, 0.3) is 10.0 Å². The second-order valence-electron chi connectivity index (χ2n) is 5.78. The Hall–Kier alpha value is -2.78. The van der Waals surface area contributed by atoms with Crippen molar-refractivity contribution in [2.75, 3.05) is 18.9 Å². The van der Waals surface area contributed by atoms with Gasteiger partial charge in [-0.2, -0.15) is 5.10 Å². The molecule has 0 saturated heterocycles. The molecule has 0 aliphatic heterocycles. The maximum absolute atomic E-state index is 13.1. The first-order valence-corrected chi connectivity index (χ1v) is 9.90. The Bertz CT molecular complexity index is 1100. The van der Waals surface area contributed by atoms with Gasteiger partial charge in [-0.05, 0) is 29.8 Å². The normalized spacial score (nSPS) is 11.3. The third kappa shape index (κ3) is 4.37. The first kappa shape index (κ1) is 20.0. The van der Waals surface area contributed by atoms with E-state index in [1.165, 1.54) is 61.6 Å². The SMILES string of the molecule is COc1ccc(S(=O)(=O)Nc2cnn(Cc3ccc(F)cc3Cl)c2)cc1OC. The summed E-state index contributed by atoms with van der Waals surface area (Å²) in [4.78, 5) is 0.0134. The standard InChI is InChI=1S/C18H17ClFN3O4S/c1-26-17-6-5-15(8-18(17)27-2)28(24,25)22-14-9-21-23(11-14)10-12-3-4-13(20)7-16(12)19/h3-9,11,22H,10H2,1-2H3. The van der Waals surface area contributed by atoms with Crippen LogP contribution in [0.4, 0.5) is 10.1 Å². The summed E-state index contributed by atoms with van der Waals surface area (Å²) in [5.74, 6) is 0.287. The summed E-state index contributed by atoms with van der Waals surface area (Å²) in [7, 11) is -0.972. The quantitative estimate of drug-likeness (QED) is 0.626. The van der Waals surface area contributed by atoms with Crippen LogP contribution in [-0.2, 0) is 16.6 Å². The number of ether oxygens (including phenoxy) is 2. The van der Waals surface area contributed by atoms with E-state index in [0.717, 1.165) is 0 Å². The average molecular weight is 426 g/mol. The van der Waals surface area contributed by atoms with E-state index in [1.54, 1.807) is 6.07 Å². The van der Waals surface area contributed by atoms with E-state index < -0.39 is 15.8 Å². The average Bonchev–Trinajstić information content (AvgIpc) is 3.09. The lowest BCUT2D eigenvalue weighted by Gasteiger charge is -2.10. The van der Waals surface area contributed by atoms with Crippen LogP contribution in [-0.4, -0.2) is 32.4 Å². The first-order valence-electron chi connectivity index (χ1n) is 8.03. The molecule has 10 heteroatoms. The number of hydrogen-bond acceptors (Lipinski definition) is 5. The van der Waals surface area contributed by atoms with Crippen molar-refractivity contribution >= 4 is 27.3 Å². The fourth-order valence-electron chi connectivity index (χ4n) is 2.52. The van der Waals surface area contributed by atoms with Gasteiger partial charge in [0.2, 0.25) is 0 Å². The monoisotopic (exact) mass is 425 g/mol. The molecule has 0 amide bonds. The summed E-state index contributed by atoms with van der Waals surface area (Å²) in [5.41, 5.74) is 0.925. The summed E-state index contributed by atoms with van der Waals surface area (Å²) in [6, 6.07) is 8.34. The zero-order valence-electron chi connectivity index (χ0n) is 15.0. The van der Waals surface area contributed by atoms with E-state index >= 15 is 0 Å². The molecule has 148 valence electrons. The van der Waals surface area contributed by atoms with E-state index in [1.807, 2.05) is 0 Å². The Balaban J connectivity index is 1.78. The number of halogens is 2. The molecule has 0 atom stereocenters. The van der Waals surface area contributed by atoms with Gasteiger partial charge in [-0.15, -0.1) is 0 Å². The summed E-state index contributed by atoms with van der Waals surface area (Å²) in [5, 5.41) is 4.37. The van der Waals surface area contributed by atoms with Crippen LogP contribution < -0.4 is 14.2 Å². The van der Waals surface area contributed by atoms with E-state index in [2.05, 4.69) is 9.82 Å². The topological polar surface area (TPSA) is 82.5 Å². The second-order valence-corrected chi connectivity index (χ2v) is 7.87. The maximum Gasteiger partial charge on any atom is 0.262 e. The Labute approximate surface area is 166 Å². The molecule has 0 aliphatic carbocycles. The zero-order chi connectivity index (χ0) is 20.3. The van der Waals surface area contributed by atoms with Crippen LogP contribution in [0.25, 0.3) is 0 Å². The molecule has 0 saturated carbocycles. The van der Waals surface area contributed by atoms with E-state index in [9.17, 15) is 12.8 Å². The molecule has 2 aromatic carbocycles. The van der Waals surface area contributed by atoms with Crippen molar-refractivity contribution in [2.45, 2.75) is 11.4 Å². The van der Waals surface area contributed by atoms with Crippen molar-refractivity contribution in [1.82, 2.24) is 9.78 Å². The lowest BCUT2D eigenvalue weighted by Crippen LogP contribution is -2.12. The molecule has 3 rings (SSSR count). The Kier molecular flexibility index (Phi) is 5.76. The molecule has 3 aromatic rings. The van der Waals surface area contributed by atoms with Gasteiger partial charge in [-0.3, -0.25) is 9.40 Å². The van der Waals surface area contributed by atoms with Gasteiger partial charge in [0.15, 0.2) is 11.5 Å². The molecular weight excluding hydrogens is 409 g/mol. The van der Waals surface area contributed by atoms with Crippen molar-refractivity contribution < 1.29 is 22.3 Å². The lowest BCUT2D eigenvalue weighted by atomic mass is 10.2. The molecule has 0 spiro atoms.